The smallest absolute Gasteiger partial charge is 0.462 e. The van der Waals surface area contributed by atoms with Crippen molar-refractivity contribution in [2.45, 2.75) is 224 Å². The highest BCUT2D eigenvalue weighted by Crippen LogP contribution is 2.45. The summed E-state index contributed by atoms with van der Waals surface area (Å²) >= 11 is 0. The van der Waals surface area contributed by atoms with Crippen LogP contribution < -0.4 is 0 Å². The fourth-order valence-corrected chi connectivity index (χ4v) is 7.33. The Kier molecular flexibility index (Phi) is 37.8. The van der Waals surface area contributed by atoms with Crippen LogP contribution in [-0.4, -0.2) is 99.3 Å². The van der Waals surface area contributed by atoms with Crippen molar-refractivity contribution in [3.8, 4) is 0 Å². The van der Waals surface area contributed by atoms with E-state index in [-0.39, 0.29) is 12.8 Å². The minimum Gasteiger partial charge on any atom is -0.462 e. The molecule has 6 N–H and O–H groups in total. The Morgan fingerprint density at radius 2 is 0.982 bits per heavy atom. The quantitative estimate of drug-likeness (QED) is 0.0148. The van der Waals surface area contributed by atoms with E-state index in [1.54, 1.807) is 0 Å². The number of esters is 2. The van der Waals surface area contributed by atoms with Crippen LogP contribution in [-0.2, 0) is 32.7 Å². The van der Waals surface area contributed by atoms with E-state index in [9.17, 15) is 39.5 Å². The molecule has 338 valence electrons. The molecular formula is C43H83O13P. The van der Waals surface area contributed by atoms with E-state index >= 15 is 0 Å². The Morgan fingerprint density at radius 1 is 0.561 bits per heavy atom. The van der Waals surface area contributed by atoms with Crippen molar-refractivity contribution in [3.05, 3.63) is 12.2 Å². The van der Waals surface area contributed by atoms with Crippen LogP contribution >= 0.6 is 7.82 Å². The molecule has 0 radical (unpaired) electrons. The van der Waals surface area contributed by atoms with Gasteiger partial charge in [-0.05, 0) is 38.5 Å². The average molecular weight is 839 g/mol. The van der Waals surface area contributed by atoms with Gasteiger partial charge in [0.15, 0.2) is 6.10 Å². The number of allylic oxidation sites excluding steroid dienone is 2. The lowest BCUT2D eigenvalue weighted by molar-refractivity contribution is -0.161. The number of hydrogen-bond donors (Lipinski definition) is 6. The van der Waals surface area contributed by atoms with E-state index in [4.69, 9.17) is 23.6 Å². The molecule has 0 bridgehead atoms. The number of hydrogen-bond acceptors (Lipinski definition) is 12. The second-order valence-corrected chi connectivity index (χ2v) is 16.8. The van der Waals surface area contributed by atoms with Crippen LogP contribution in [0.2, 0.25) is 0 Å². The molecule has 0 aromatic heterocycles. The number of aliphatic hydroxyl groups excluding tert-OH is 5. The van der Waals surface area contributed by atoms with Crippen molar-refractivity contribution >= 4 is 19.8 Å². The largest absolute Gasteiger partial charge is 0.472 e. The van der Waals surface area contributed by atoms with Crippen molar-refractivity contribution in [1.29, 1.82) is 0 Å². The Hall–Kier alpha value is -1.41. The summed E-state index contributed by atoms with van der Waals surface area (Å²) in [5.41, 5.74) is 0. The normalized spacial score (nSPS) is 15.6. The van der Waals surface area contributed by atoms with Crippen molar-refractivity contribution in [2.75, 3.05) is 26.4 Å². The molecule has 13 nitrogen and oxygen atoms in total. The number of carbonyl (C=O) groups excluding carboxylic acids is 2. The maximum atomic E-state index is 12.7. The second kappa shape index (κ2) is 38.8. The summed E-state index contributed by atoms with van der Waals surface area (Å²) < 4.78 is 33.3. The lowest BCUT2D eigenvalue weighted by Gasteiger charge is -2.28. The Bertz CT molecular complexity index is 1010. The SMILES string of the molecule is CCCCCCCCC/C=C\CCCCC(=O)O[C@H](COC(=O)CCCCCCCCCCCCCCCCC)COP(=O)(O)O[C@H](CO)[C@@H](O)[C@H](O)[C@H](O)CO. The first-order valence-corrected chi connectivity index (χ1v) is 23.9. The molecular weight excluding hydrogens is 755 g/mol. The number of phosphoric ester groups is 1. The van der Waals surface area contributed by atoms with Gasteiger partial charge in [-0.15, -0.1) is 0 Å². The molecule has 0 saturated heterocycles. The minimum atomic E-state index is -5.05. The molecule has 0 aliphatic carbocycles. The zero-order chi connectivity index (χ0) is 42.4. The summed E-state index contributed by atoms with van der Waals surface area (Å²) in [6.45, 7) is 1.33. The highest BCUT2D eigenvalue weighted by Gasteiger charge is 2.37. The summed E-state index contributed by atoms with van der Waals surface area (Å²) in [6.07, 6.45) is 25.6. The van der Waals surface area contributed by atoms with E-state index in [2.05, 4.69) is 26.0 Å². The van der Waals surface area contributed by atoms with Gasteiger partial charge < -0.3 is 39.9 Å². The molecule has 1 unspecified atom stereocenters. The molecule has 0 aromatic rings. The first kappa shape index (κ1) is 55.6. The molecule has 0 aliphatic rings. The maximum Gasteiger partial charge on any atom is 0.472 e. The molecule has 0 heterocycles. The van der Waals surface area contributed by atoms with E-state index in [0.29, 0.717) is 12.8 Å². The predicted molar refractivity (Wildman–Crippen MR) is 223 cm³/mol. The van der Waals surface area contributed by atoms with Gasteiger partial charge in [-0.3, -0.25) is 18.6 Å². The lowest BCUT2D eigenvalue weighted by Crippen LogP contribution is -2.47. The van der Waals surface area contributed by atoms with Gasteiger partial charge in [0.25, 0.3) is 0 Å². The third kappa shape index (κ3) is 34.0. The topological polar surface area (TPSA) is 210 Å². The summed E-state index contributed by atoms with van der Waals surface area (Å²) in [7, 11) is -5.05. The Labute approximate surface area is 344 Å². The van der Waals surface area contributed by atoms with Crippen LogP contribution in [0.5, 0.6) is 0 Å². The van der Waals surface area contributed by atoms with Gasteiger partial charge in [0.2, 0.25) is 0 Å². The third-order valence-corrected chi connectivity index (χ3v) is 11.1. The molecule has 0 aliphatic heterocycles. The molecule has 0 aromatic carbocycles. The number of rotatable bonds is 42. The van der Waals surface area contributed by atoms with Crippen LogP contribution in [0.15, 0.2) is 12.2 Å². The van der Waals surface area contributed by atoms with Crippen LogP contribution in [0, 0.1) is 0 Å². The van der Waals surface area contributed by atoms with Crippen molar-refractivity contribution in [1.82, 2.24) is 0 Å². The highest BCUT2D eigenvalue weighted by molar-refractivity contribution is 7.47. The standard InChI is InChI=1S/C43H83O13P/c1-3-5-7-9-11-13-15-17-18-20-21-23-25-27-29-31-40(47)53-35-37(36-54-57(51,52)56-39(34-45)43(50)42(49)38(46)33-44)55-41(48)32-30-28-26-24-22-19-16-14-12-10-8-6-4-2/h22,24,37-39,42-46,49-50H,3-21,23,25-36H2,1-2H3,(H,51,52)/b24-22-/t37-,38-,39-,42-,43-/m1/s1. The van der Waals surface area contributed by atoms with Gasteiger partial charge in [0.05, 0.1) is 19.8 Å². The minimum absolute atomic E-state index is 0.0757. The first-order chi connectivity index (χ1) is 27.5. The first-order valence-electron chi connectivity index (χ1n) is 22.4. The van der Waals surface area contributed by atoms with Crippen molar-refractivity contribution in [2.24, 2.45) is 0 Å². The van der Waals surface area contributed by atoms with Crippen LogP contribution in [0.1, 0.15) is 194 Å². The van der Waals surface area contributed by atoms with E-state index < -0.39 is 76.7 Å². The van der Waals surface area contributed by atoms with Gasteiger partial charge in [0.1, 0.15) is 31.0 Å². The van der Waals surface area contributed by atoms with Crippen LogP contribution in [0.25, 0.3) is 0 Å². The summed E-state index contributed by atoms with van der Waals surface area (Å²) in [4.78, 5) is 35.5. The molecule has 0 rings (SSSR count). The molecule has 0 saturated carbocycles. The summed E-state index contributed by atoms with van der Waals surface area (Å²) in [5, 5.41) is 48.3. The molecule has 0 fully saturated rings. The number of aliphatic hydroxyl groups is 5. The van der Waals surface area contributed by atoms with Crippen molar-refractivity contribution in [3.63, 3.8) is 0 Å². The van der Waals surface area contributed by atoms with Gasteiger partial charge >= 0.3 is 19.8 Å². The maximum absolute atomic E-state index is 12.7. The van der Waals surface area contributed by atoms with Crippen LogP contribution in [0.4, 0.5) is 0 Å². The zero-order valence-electron chi connectivity index (χ0n) is 35.7. The summed E-state index contributed by atoms with van der Waals surface area (Å²) in [5.74, 6) is -1.11. The van der Waals surface area contributed by atoms with E-state index in [1.807, 2.05) is 0 Å². The van der Waals surface area contributed by atoms with Gasteiger partial charge in [-0.1, -0.05) is 154 Å². The van der Waals surface area contributed by atoms with E-state index in [0.717, 1.165) is 38.5 Å². The number of unbranched alkanes of at least 4 members (excludes halogenated alkanes) is 23. The second-order valence-electron chi connectivity index (χ2n) is 15.4. The van der Waals surface area contributed by atoms with E-state index in [1.165, 1.54) is 116 Å². The average Bonchev–Trinajstić information content (AvgIpc) is 3.20. The number of carbonyl (C=O) groups is 2. The number of ether oxygens (including phenoxy) is 2. The molecule has 14 heteroatoms. The van der Waals surface area contributed by atoms with Gasteiger partial charge in [0, 0.05) is 12.8 Å². The molecule has 0 amide bonds. The molecule has 57 heavy (non-hydrogen) atoms. The monoisotopic (exact) mass is 839 g/mol. The van der Waals surface area contributed by atoms with Gasteiger partial charge in [-0.2, -0.15) is 0 Å². The fraction of sp³-hybridized carbons (Fsp3) is 0.907. The zero-order valence-corrected chi connectivity index (χ0v) is 36.6. The Morgan fingerprint density at radius 3 is 1.46 bits per heavy atom. The Balaban J connectivity index is 4.74. The lowest BCUT2D eigenvalue weighted by atomic mass is 10.0. The van der Waals surface area contributed by atoms with Crippen LogP contribution in [0.3, 0.4) is 0 Å². The molecule has 0 spiro atoms. The third-order valence-electron chi connectivity index (χ3n) is 10.0. The summed E-state index contributed by atoms with van der Waals surface area (Å²) in [6, 6.07) is 0. The fourth-order valence-electron chi connectivity index (χ4n) is 6.38. The molecule has 6 atom stereocenters. The number of phosphoric acid groups is 1. The highest BCUT2D eigenvalue weighted by atomic mass is 31.2. The van der Waals surface area contributed by atoms with Crippen molar-refractivity contribution < 1.29 is 63.1 Å². The predicted octanol–water partition coefficient (Wildman–Crippen LogP) is 8.53. The van der Waals surface area contributed by atoms with Gasteiger partial charge in [-0.25, -0.2) is 4.57 Å².